The number of para-hydroxylation sites is 2. The molecule has 2 aromatic rings. The Morgan fingerprint density at radius 2 is 1.86 bits per heavy atom. The molecule has 2 nitrogen and oxygen atoms in total. The summed E-state index contributed by atoms with van der Waals surface area (Å²) in [6, 6.07) is 10.4. The standard InChI is InChI=1S/C11H10N2S/c1-2-4-9-8(3-1)12-7-11-10(13-9)5-6-14-11/h1-6,12-13H,7H2. The van der Waals surface area contributed by atoms with Gasteiger partial charge in [-0.15, -0.1) is 11.3 Å². The van der Waals surface area contributed by atoms with Crippen LogP contribution in [0.25, 0.3) is 0 Å². The average Bonchev–Trinajstić information content (AvgIpc) is 2.58. The van der Waals surface area contributed by atoms with Crippen LogP contribution in [0, 0.1) is 0 Å². The van der Waals surface area contributed by atoms with Crippen LogP contribution in [0.3, 0.4) is 0 Å². The van der Waals surface area contributed by atoms with Gasteiger partial charge in [-0.1, -0.05) is 12.1 Å². The van der Waals surface area contributed by atoms with Crippen LogP contribution >= 0.6 is 11.3 Å². The van der Waals surface area contributed by atoms with Crippen LogP contribution in [0.4, 0.5) is 17.1 Å². The maximum absolute atomic E-state index is 3.43. The van der Waals surface area contributed by atoms with Crippen molar-refractivity contribution >= 4 is 28.4 Å². The fraction of sp³-hybridized carbons (Fsp3) is 0.0909. The zero-order valence-corrected chi connectivity index (χ0v) is 8.40. The molecule has 0 atom stereocenters. The number of hydrogen-bond acceptors (Lipinski definition) is 3. The Hall–Kier alpha value is -1.48. The number of nitrogens with one attached hydrogen (secondary N) is 2. The molecule has 2 N–H and O–H groups in total. The fourth-order valence-electron chi connectivity index (χ4n) is 1.66. The first-order valence-corrected chi connectivity index (χ1v) is 5.48. The maximum atomic E-state index is 3.43. The molecule has 0 unspecified atom stereocenters. The van der Waals surface area contributed by atoms with E-state index in [0.29, 0.717) is 0 Å². The molecular weight excluding hydrogens is 192 g/mol. The number of rotatable bonds is 0. The molecule has 0 spiro atoms. The van der Waals surface area contributed by atoms with E-state index in [2.05, 4.69) is 34.2 Å². The molecule has 3 rings (SSSR count). The van der Waals surface area contributed by atoms with E-state index in [0.717, 1.165) is 12.2 Å². The second-order valence-electron chi connectivity index (χ2n) is 3.28. The number of thiophene rings is 1. The largest absolute Gasteiger partial charge is 0.378 e. The summed E-state index contributed by atoms with van der Waals surface area (Å²) >= 11 is 1.78. The van der Waals surface area contributed by atoms with Crippen LogP contribution in [0.15, 0.2) is 35.7 Å². The van der Waals surface area contributed by atoms with Gasteiger partial charge in [-0.2, -0.15) is 0 Å². The van der Waals surface area contributed by atoms with E-state index in [1.807, 2.05) is 12.1 Å². The molecular formula is C11H10N2S. The summed E-state index contributed by atoms with van der Waals surface area (Å²) in [4.78, 5) is 1.36. The second-order valence-corrected chi connectivity index (χ2v) is 4.28. The quantitative estimate of drug-likeness (QED) is 0.684. The van der Waals surface area contributed by atoms with Gasteiger partial charge in [0.05, 0.1) is 23.6 Å². The first-order chi connectivity index (χ1) is 6.93. The predicted molar refractivity (Wildman–Crippen MR) is 61.4 cm³/mol. The molecule has 0 radical (unpaired) electrons. The molecule has 0 saturated carbocycles. The minimum absolute atomic E-state index is 0.914. The molecule has 0 saturated heterocycles. The number of benzene rings is 1. The third-order valence-corrected chi connectivity index (χ3v) is 3.30. The van der Waals surface area contributed by atoms with Gasteiger partial charge >= 0.3 is 0 Å². The molecule has 3 heteroatoms. The van der Waals surface area contributed by atoms with Gasteiger partial charge in [-0.05, 0) is 23.6 Å². The topological polar surface area (TPSA) is 24.1 Å². The van der Waals surface area contributed by atoms with Crippen LogP contribution in [0.2, 0.25) is 0 Å². The monoisotopic (exact) mass is 202 g/mol. The van der Waals surface area contributed by atoms with E-state index in [9.17, 15) is 0 Å². The highest BCUT2D eigenvalue weighted by molar-refractivity contribution is 7.10. The van der Waals surface area contributed by atoms with Crippen molar-refractivity contribution < 1.29 is 0 Å². The molecule has 0 fully saturated rings. The lowest BCUT2D eigenvalue weighted by molar-refractivity contribution is 1.21. The van der Waals surface area contributed by atoms with Crippen molar-refractivity contribution in [1.29, 1.82) is 0 Å². The minimum Gasteiger partial charge on any atom is -0.378 e. The summed E-state index contributed by atoms with van der Waals surface area (Å²) in [5, 5.41) is 8.96. The third kappa shape index (κ3) is 1.17. The lowest BCUT2D eigenvalue weighted by Crippen LogP contribution is -1.95. The Kier molecular flexibility index (Phi) is 1.70. The highest BCUT2D eigenvalue weighted by Crippen LogP contribution is 2.33. The zero-order chi connectivity index (χ0) is 9.38. The van der Waals surface area contributed by atoms with E-state index < -0.39 is 0 Å². The van der Waals surface area contributed by atoms with Gasteiger partial charge < -0.3 is 10.6 Å². The first kappa shape index (κ1) is 7.88. The average molecular weight is 202 g/mol. The number of hydrogen-bond donors (Lipinski definition) is 2. The lowest BCUT2D eigenvalue weighted by atomic mass is 10.2. The molecule has 0 aliphatic carbocycles. The van der Waals surface area contributed by atoms with Crippen LogP contribution < -0.4 is 10.6 Å². The van der Waals surface area contributed by atoms with Crippen LogP contribution in [-0.2, 0) is 6.54 Å². The fourth-order valence-corrected chi connectivity index (χ4v) is 2.43. The summed E-state index contributed by atoms with van der Waals surface area (Å²) in [6.07, 6.45) is 0. The SMILES string of the molecule is c1ccc2c(c1)NCc1sccc1N2. The van der Waals surface area contributed by atoms with E-state index in [4.69, 9.17) is 0 Å². The third-order valence-electron chi connectivity index (χ3n) is 2.38. The molecule has 0 amide bonds. The molecule has 70 valence electrons. The Morgan fingerprint density at radius 3 is 2.79 bits per heavy atom. The smallest absolute Gasteiger partial charge is 0.0620 e. The van der Waals surface area contributed by atoms with Gasteiger partial charge in [0.2, 0.25) is 0 Å². The van der Waals surface area contributed by atoms with Crippen LogP contribution in [0.1, 0.15) is 4.88 Å². The number of fused-ring (bicyclic) bond motifs is 2. The van der Waals surface area contributed by atoms with Crippen molar-refractivity contribution in [3.63, 3.8) is 0 Å². The van der Waals surface area contributed by atoms with Gasteiger partial charge in [0.25, 0.3) is 0 Å². The van der Waals surface area contributed by atoms with Crippen molar-refractivity contribution in [1.82, 2.24) is 0 Å². The normalized spacial score (nSPS) is 13.1. The molecule has 14 heavy (non-hydrogen) atoms. The van der Waals surface area contributed by atoms with Gasteiger partial charge in [-0.25, -0.2) is 0 Å². The first-order valence-electron chi connectivity index (χ1n) is 4.60. The predicted octanol–water partition coefficient (Wildman–Crippen LogP) is 3.42. The van der Waals surface area contributed by atoms with Gasteiger partial charge in [0.1, 0.15) is 0 Å². The minimum atomic E-state index is 0.914. The van der Waals surface area contributed by atoms with Crippen molar-refractivity contribution in [2.45, 2.75) is 6.54 Å². The van der Waals surface area contributed by atoms with Gasteiger partial charge in [0.15, 0.2) is 0 Å². The Balaban J connectivity index is 2.10. The highest BCUT2D eigenvalue weighted by atomic mass is 32.1. The van der Waals surface area contributed by atoms with Crippen molar-refractivity contribution in [3.05, 3.63) is 40.6 Å². The van der Waals surface area contributed by atoms with Crippen LogP contribution in [-0.4, -0.2) is 0 Å². The Labute approximate surface area is 86.6 Å². The molecule has 2 heterocycles. The lowest BCUT2D eigenvalue weighted by Gasteiger charge is -2.06. The zero-order valence-electron chi connectivity index (χ0n) is 7.58. The summed E-state index contributed by atoms with van der Waals surface area (Å²) in [5.74, 6) is 0. The van der Waals surface area contributed by atoms with Crippen molar-refractivity contribution in [2.24, 2.45) is 0 Å². The highest BCUT2D eigenvalue weighted by Gasteiger charge is 2.11. The van der Waals surface area contributed by atoms with Gasteiger partial charge in [0, 0.05) is 4.88 Å². The summed E-state index contributed by atoms with van der Waals surface area (Å²) in [7, 11) is 0. The summed E-state index contributed by atoms with van der Waals surface area (Å²) in [5.41, 5.74) is 3.56. The molecule has 1 aromatic carbocycles. The molecule has 1 aliphatic heterocycles. The number of anilines is 3. The second kappa shape index (κ2) is 3.03. The van der Waals surface area contributed by atoms with E-state index in [1.54, 1.807) is 11.3 Å². The van der Waals surface area contributed by atoms with Gasteiger partial charge in [-0.3, -0.25) is 0 Å². The van der Waals surface area contributed by atoms with Crippen molar-refractivity contribution in [2.75, 3.05) is 10.6 Å². The Morgan fingerprint density at radius 1 is 1.00 bits per heavy atom. The molecule has 1 aromatic heterocycles. The molecule has 0 bridgehead atoms. The Bertz CT molecular complexity index is 462. The van der Waals surface area contributed by atoms with Crippen molar-refractivity contribution in [3.8, 4) is 0 Å². The van der Waals surface area contributed by atoms with E-state index in [1.165, 1.54) is 16.3 Å². The maximum Gasteiger partial charge on any atom is 0.0620 e. The van der Waals surface area contributed by atoms with E-state index >= 15 is 0 Å². The molecule has 1 aliphatic rings. The van der Waals surface area contributed by atoms with Crippen LogP contribution in [0.5, 0.6) is 0 Å². The van der Waals surface area contributed by atoms with E-state index in [-0.39, 0.29) is 0 Å². The summed E-state index contributed by atoms with van der Waals surface area (Å²) in [6.45, 7) is 0.914. The summed E-state index contributed by atoms with van der Waals surface area (Å²) < 4.78 is 0.